The Morgan fingerprint density at radius 3 is 2.25 bits per heavy atom. The van der Waals surface area contributed by atoms with Crippen LogP contribution >= 0.6 is 0 Å². The molecule has 2 N–H and O–H groups in total. The van der Waals surface area contributed by atoms with Crippen molar-refractivity contribution in [2.24, 2.45) is 0 Å². The van der Waals surface area contributed by atoms with Gasteiger partial charge < -0.3 is 10.6 Å². The fraction of sp³-hybridized carbons (Fsp3) is 0.136. The van der Waals surface area contributed by atoms with Crippen LogP contribution in [0.25, 0.3) is 22.8 Å². The van der Waals surface area contributed by atoms with Crippen molar-refractivity contribution in [1.82, 2.24) is 24.9 Å². The van der Waals surface area contributed by atoms with E-state index in [1.165, 1.54) is 6.07 Å². The zero-order valence-corrected chi connectivity index (χ0v) is 16.7. The quantitative estimate of drug-likeness (QED) is 0.411. The third-order valence-corrected chi connectivity index (χ3v) is 4.41. The molecule has 32 heavy (non-hydrogen) atoms. The van der Waals surface area contributed by atoms with E-state index in [1.54, 1.807) is 24.7 Å². The summed E-state index contributed by atoms with van der Waals surface area (Å²) in [6, 6.07) is 13.3. The maximum absolute atomic E-state index is 12.6. The minimum Gasteiger partial charge on any atom is -0.368 e. The number of halogens is 3. The first-order valence-electron chi connectivity index (χ1n) is 9.71. The fourth-order valence-electron chi connectivity index (χ4n) is 2.86. The summed E-state index contributed by atoms with van der Waals surface area (Å²) in [7, 11) is 0. The first-order chi connectivity index (χ1) is 15.5. The molecular weight excluding hydrogens is 419 g/mol. The highest BCUT2D eigenvalue weighted by molar-refractivity contribution is 5.65. The molecule has 7 nitrogen and oxygen atoms in total. The Morgan fingerprint density at radius 2 is 1.59 bits per heavy atom. The Morgan fingerprint density at radius 1 is 0.750 bits per heavy atom. The van der Waals surface area contributed by atoms with Crippen LogP contribution < -0.4 is 10.6 Å². The van der Waals surface area contributed by atoms with Crippen LogP contribution in [0.1, 0.15) is 5.56 Å². The van der Waals surface area contributed by atoms with Crippen LogP contribution in [-0.2, 0) is 6.18 Å². The minimum atomic E-state index is -4.41. The van der Waals surface area contributed by atoms with E-state index in [-0.39, 0.29) is 0 Å². The van der Waals surface area contributed by atoms with Gasteiger partial charge in [0, 0.05) is 49.5 Å². The molecule has 0 aliphatic carbocycles. The van der Waals surface area contributed by atoms with Crippen molar-refractivity contribution in [3.63, 3.8) is 0 Å². The molecule has 0 saturated heterocycles. The maximum atomic E-state index is 12.6. The van der Waals surface area contributed by atoms with E-state index in [2.05, 4.69) is 35.6 Å². The molecule has 0 aliphatic rings. The number of nitrogens with zero attached hydrogens (tertiary/aromatic N) is 5. The topological polar surface area (TPSA) is 88.5 Å². The second-order valence-electron chi connectivity index (χ2n) is 6.70. The number of alkyl halides is 3. The molecule has 4 heterocycles. The summed E-state index contributed by atoms with van der Waals surface area (Å²) in [5.74, 6) is 1.40. The van der Waals surface area contributed by atoms with Crippen molar-refractivity contribution in [3.05, 3.63) is 78.9 Å². The Balaban J connectivity index is 1.46. The Labute approximate surface area is 181 Å². The molecule has 4 aromatic heterocycles. The maximum Gasteiger partial charge on any atom is 0.417 e. The average molecular weight is 437 g/mol. The molecule has 10 heteroatoms. The van der Waals surface area contributed by atoms with E-state index >= 15 is 0 Å². The summed E-state index contributed by atoms with van der Waals surface area (Å²) >= 11 is 0. The van der Waals surface area contributed by atoms with Crippen LogP contribution in [0.4, 0.5) is 24.8 Å². The fourth-order valence-corrected chi connectivity index (χ4v) is 2.86. The van der Waals surface area contributed by atoms with Crippen LogP contribution in [0.5, 0.6) is 0 Å². The van der Waals surface area contributed by atoms with Gasteiger partial charge in [-0.25, -0.2) is 15.0 Å². The van der Waals surface area contributed by atoms with Crippen LogP contribution in [-0.4, -0.2) is 38.0 Å². The van der Waals surface area contributed by atoms with Gasteiger partial charge in [0.05, 0.1) is 11.3 Å². The van der Waals surface area contributed by atoms with Gasteiger partial charge in [0.25, 0.3) is 0 Å². The summed E-state index contributed by atoms with van der Waals surface area (Å²) < 4.78 is 37.9. The molecule has 162 valence electrons. The predicted octanol–water partition coefficient (Wildman–Crippen LogP) is 4.54. The van der Waals surface area contributed by atoms with Crippen LogP contribution in [0.2, 0.25) is 0 Å². The average Bonchev–Trinajstić information content (AvgIpc) is 2.82. The minimum absolute atomic E-state index is 0.354. The van der Waals surface area contributed by atoms with Gasteiger partial charge in [-0.2, -0.15) is 13.2 Å². The molecule has 0 aromatic carbocycles. The Kier molecular flexibility index (Phi) is 6.20. The normalized spacial score (nSPS) is 11.2. The molecule has 0 aliphatic heterocycles. The molecule has 0 spiro atoms. The molecular formula is C22H18F3N7. The lowest BCUT2D eigenvalue weighted by Gasteiger charge is -2.11. The summed E-state index contributed by atoms with van der Waals surface area (Å²) in [5, 5.41) is 6.18. The van der Waals surface area contributed by atoms with E-state index in [0.29, 0.717) is 41.9 Å². The molecule has 4 aromatic rings. The van der Waals surface area contributed by atoms with Gasteiger partial charge in [-0.3, -0.25) is 9.97 Å². The largest absolute Gasteiger partial charge is 0.417 e. The molecule has 0 saturated carbocycles. The smallest absolute Gasteiger partial charge is 0.368 e. The summed E-state index contributed by atoms with van der Waals surface area (Å²) in [5.41, 5.74) is 1.37. The number of rotatable bonds is 7. The van der Waals surface area contributed by atoms with Gasteiger partial charge >= 0.3 is 6.18 Å². The zero-order chi connectivity index (χ0) is 22.4. The molecule has 0 atom stereocenters. The second-order valence-corrected chi connectivity index (χ2v) is 6.70. The van der Waals surface area contributed by atoms with E-state index in [9.17, 15) is 13.2 Å². The van der Waals surface area contributed by atoms with Gasteiger partial charge in [-0.05, 0) is 36.4 Å². The lowest BCUT2D eigenvalue weighted by molar-refractivity contribution is -0.137. The summed E-state index contributed by atoms with van der Waals surface area (Å²) in [6.07, 6.45) is 1.47. The monoisotopic (exact) mass is 437 g/mol. The van der Waals surface area contributed by atoms with E-state index < -0.39 is 11.7 Å². The van der Waals surface area contributed by atoms with Gasteiger partial charge in [0.15, 0.2) is 5.82 Å². The molecule has 0 unspecified atom stereocenters. The van der Waals surface area contributed by atoms with E-state index in [0.717, 1.165) is 17.8 Å². The SMILES string of the molecule is FC(F)(F)c1ccc(NCCNc2cc(-c3cccnc3)nc(-c3ccccn3)n2)nc1. The summed E-state index contributed by atoms with van der Waals surface area (Å²) in [4.78, 5) is 21.4. The van der Waals surface area contributed by atoms with Crippen LogP contribution in [0.15, 0.2) is 73.3 Å². The first-order valence-corrected chi connectivity index (χ1v) is 9.71. The molecule has 4 rings (SSSR count). The number of anilines is 2. The Bertz CT molecular complexity index is 1090. The molecule has 0 fully saturated rings. The van der Waals surface area contributed by atoms with Crippen molar-refractivity contribution in [1.29, 1.82) is 0 Å². The van der Waals surface area contributed by atoms with Gasteiger partial charge in [0.1, 0.15) is 17.3 Å². The van der Waals surface area contributed by atoms with Crippen molar-refractivity contribution in [2.45, 2.75) is 6.18 Å². The lowest BCUT2D eigenvalue weighted by Crippen LogP contribution is -2.16. The van der Waals surface area contributed by atoms with Crippen LogP contribution in [0.3, 0.4) is 0 Å². The summed E-state index contributed by atoms with van der Waals surface area (Å²) in [6.45, 7) is 0.872. The molecule has 0 amide bonds. The third-order valence-electron chi connectivity index (χ3n) is 4.41. The lowest BCUT2D eigenvalue weighted by atomic mass is 10.2. The van der Waals surface area contributed by atoms with Gasteiger partial charge in [-0.1, -0.05) is 6.07 Å². The highest BCUT2D eigenvalue weighted by Gasteiger charge is 2.30. The standard InChI is InChI=1S/C22H18F3N7/c23-22(24,25)16-6-7-19(30-14-16)28-10-11-29-20-12-18(15-4-3-8-26-13-15)31-21(32-20)17-5-1-2-9-27-17/h1-9,12-14H,10-11H2,(H,28,30)(H,29,31,32). The molecule has 0 bridgehead atoms. The van der Waals surface area contributed by atoms with E-state index in [1.807, 2.05) is 30.3 Å². The van der Waals surface area contributed by atoms with Gasteiger partial charge in [0.2, 0.25) is 0 Å². The van der Waals surface area contributed by atoms with Crippen LogP contribution in [0, 0.1) is 0 Å². The number of nitrogens with one attached hydrogen (secondary N) is 2. The van der Waals surface area contributed by atoms with E-state index in [4.69, 9.17) is 0 Å². The number of hydrogen-bond acceptors (Lipinski definition) is 7. The second kappa shape index (κ2) is 9.38. The number of hydrogen-bond donors (Lipinski definition) is 2. The highest BCUT2D eigenvalue weighted by atomic mass is 19.4. The highest BCUT2D eigenvalue weighted by Crippen LogP contribution is 2.28. The van der Waals surface area contributed by atoms with Gasteiger partial charge in [-0.15, -0.1) is 0 Å². The molecule has 0 radical (unpaired) electrons. The number of pyridine rings is 3. The predicted molar refractivity (Wildman–Crippen MR) is 115 cm³/mol. The Hall–Kier alpha value is -4.08. The van der Waals surface area contributed by atoms with Crippen molar-refractivity contribution < 1.29 is 13.2 Å². The first kappa shape index (κ1) is 21.2. The number of aromatic nitrogens is 5. The zero-order valence-electron chi connectivity index (χ0n) is 16.7. The van der Waals surface area contributed by atoms with Crippen molar-refractivity contribution in [3.8, 4) is 22.8 Å². The third kappa shape index (κ3) is 5.34. The van der Waals surface area contributed by atoms with Crippen molar-refractivity contribution in [2.75, 3.05) is 23.7 Å². The van der Waals surface area contributed by atoms with Crippen molar-refractivity contribution >= 4 is 11.6 Å².